The van der Waals surface area contributed by atoms with Gasteiger partial charge in [-0.25, -0.2) is 4.98 Å². The molecule has 1 aromatic heterocycles. The normalized spacial score (nSPS) is 11.3. The second kappa shape index (κ2) is 15.1. The fourth-order valence-electron chi connectivity index (χ4n) is 8.56. The van der Waals surface area contributed by atoms with E-state index in [2.05, 4.69) is 205 Å². The number of oxazole rings is 1. The zero-order valence-corrected chi connectivity index (χ0v) is 32.7. The topological polar surface area (TPSA) is 29.3 Å². The maximum absolute atomic E-state index is 6.73. The van der Waals surface area contributed by atoms with Crippen molar-refractivity contribution < 1.29 is 4.42 Å². The first-order valence-electron chi connectivity index (χ1n) is 20.4. The fraction of sp³-hybridized carbons (Fsp3) is 0. The van der Waals surface area contributed by atoms with Gasteiger partial charge in [0.15, 0.2) is 5.58 Å². The van der Waals surface area contributed by atoms with Gasteiger partial charge in [0, 0.05) is 27.9 Å². The first kappa shape index (κ1) is 35.2. The van der Waals surface area contributed by atoms with Crippen molar-refractivity contribution in [1.29, 1.82) is 0 Å². The van der Waals surface area contributed by atoms with Crippen LogP contribution in [0.25, 0.3) is 88.6 Å². The van der Waals surface area contributed by atoms with Gasteiger partial charge in [0.05, 0.1) is 5.69 Å². The Morgan fingerprint density at radius 3 is 1.48 bits per heavy atom. The van der Waals surface area contributed by atoms with Crippen LogP contribution in [0.1, 0.15) is 0 Å². The zero-order chi connectivity index (χ0) is 39.8. The molecule has 0 aliphatic carbocycles. The van der Waals surface area contributed by atoms with Crippen molar-refractivity contribution in [3.63, 3.8) is 0 Å². The molecule has 1 heterocycles. The van der Waals surface area contributed by atoms with E-state index in [9.17, 15) is 0 Å². The molecule has 11 rings (SSSR count). The van der Waals surface area contributed by atoms with Gasteiger partial charge in [0.25, 0.3) is 0 Å². The minimum atomic E-state index is 0.614. The Morgan fingerprint density at radius 1 is 0.350 bits per heavy atom. The van der Waals surface area contributed by atoms with Crippen LogP contribution in [0.3, 0.4) is 0 Å². The Hall–Kier alpha value is -8.01. The van der Waals surface area contributed by atoms with Gasteiger partial charge in [-0.2, -0.15) is 0 Å². The van der Waals surface area contributed by atoms with Crippen molar-refractivity contribution in [2.45, 2.75) is 0 Å². The molecule has 0 unspecified atom stereocenters. The third-order valence-corrected chi connectivity index (χ3v) is 11.5. The molecule has 0 bridgehead atoms. The molecule has 0 spiro atoms. The average molecular weight is 767 g/mol. The van der Waals surface area contributed by atoms with Crippen molar-refractivity contribution in [1.82, 2.24) is 4.98 Å². The van der Waals surface area contributed by atoms with Gasteiger partial charge in [-0.1, -0.05) is 176 Å². The summed E-state index contributed by atoms with van der Waals surface area (Å²) in [6.07, 6.45) is 0. The average Bonchev–Trinajstić information content (AvgIpc) is 3.78. The van der Waals surface area contributed by atoms with Gasteiger partial charge < -0.3 is 9.32 Å². The number of nitrogens with zero attached hydrogens (tertiary/aromatic N) is 2. The van der Waals surface area contributed by atoms with Gasteiger partial charge in [0.2, 0.25) is 5.89 Å². The van der Waals surface area contributed by atoms with Crippen LogP contribution in [0.15, 0.2) is 235 Å². The molecule has 0 atom stereocenters. The minimum absolute atomic E-state index is 0.614. The van der Waals surface area contributed by atoms with E-state index in [1.165, 1.54) is 27.8 Å². The molecule has 3 heteroatoms. The van der Waals surface area contributed by atoms with Gasteiger partial charge in [-0.3, -0.25) is 0 Å². The number of hydrogen-bond acceptors (Lipinski definition) is 3. The molecule has 0 aliphatic heterocycles. The summed E-state index contributed by atoms with van der Waals surface area (Å²) in [7, 11) is 0. The highest BCUT2D eigenvalue weighted by Gasteiger charge is 2.21. The monoisotopic (exact) mass is 766 g/mol. The lowest BCUT2D eigenvalue weighted by Gasteiger charge is -2.28. The molecule has 0 aliphatic rings. The molecule has 60 heavy (non-hydrogen) atoms. The summed E-state index contributed by atoms with van der Waals surface area (Å²) in [5.74, 6) is 0.614. The summed E-state index contributed by atoms with van der Waals surface area (Å²) in [5.41, 5.74) is 15.1. The van der Waals surface area contributed by atoms with Crippen LogP contribution < -0.4 is 4.90 Å². The van der Waals surface area contributed by atoms with Crippen LogP contribution in [0.4, 0.5) is 17.1 Å². The molecule has 0 amide bonds. The Labute approximate surface area is 349 Å². The molecule has 0 radical (unpaired) electrons. The van der Waals surface area contributed by atoms with Crippen molar-refractivity contribution in [2.24, 2.45) is 0 Å². The molecular formula is C57H38N2O. The van der Waals surface area contributed by atoms with Crippen molar-refractivity contribution in [2.75, 3.05) is 4.90 Å². The summed E-state index contributed by atoms with van der Waals surface area (Å²) < 4.78 is 6.73. The number of benzene rings is 10. The van der Waals surface area contributed by atoms with Gasteiger partial charge in [-0.15, -0.1) is 0 Å². The quantitative estimate of drug-likeness (QED) is 0.144. The zero-order valence-electron chi connectivity index (χ0n) is 32.7. The highest BCUT2D eigenvalue weighted by Crippen LogP contribution is 2.45. The Morgan fingerprint density at radius 2 is 0.850 bits per heavy atom. The Kier molecular flexibility index (Phi) is 8.83. The van der Waals surface area contributed by atoms with Crippen molar-refractivity contribution in [3.05, 3.63) is 231 Å². The predicted molar refractivity (Wildman–Crippen MR) is 251 cm³/mol. The molecule has 11 aromatic rings. The molecule has 0 saturated carbocycles. The third-order valence-electron chi connectivity index (χ3n) is 11.5. The molecule has 282 valence electrons. The van der Waals surface area contributed by atoms with Crippen LogP contribution in [-0.2, 0) is 0 Å². The van der Waals surface area contributed by atoms with E-state index in [1.54, 1.807) is 0 Å². The summed E-state index contributed by atoms with van der Waals surface area (Å²) in [5, 5.41) is 4.39. The highest BCUT2D eigenvalue weighted by molar-refractivity contribution is 6.22. The van der Waals surface area contributed by atoms with E-state index in [0.717, 1.165) is 72.0 Å². The number of aromatic nitrogens is 1. The van der Waals surface area contributed by atoms with Gasteiger partial charge in [-0.05, 0) is 110 Å². The number of anilines is 3. The number of fused-ring (bicyclic) bond motifs is 5. The SMILES string of the molecule is c1ccc(-c2ccc(-c3ccc(N(c4ccc5c(-c6ccccc6)cc6ccc7nc(-c8ccccc8)oc7c6c5c4)c4ccccc4-c4ccccc4)cc3)cc2)cc1. The maximum Gasteiger partial charge on any atom is 0.227 e. The lowest BCUT2D eigenvalue weighted by Crippen LogP contribution is -2.11. The van der Waals surface area contributed by atoms with Gasteiger partial charge >= 0.3 is 0 Å². The van der Waals surface area contributed by atoms with Crippen molar-refractivity contribution >= 4 is 49.7 Å². The lowest BCUT2D eigenvalue weighted by atomic mass is 9.92. The highest BCUT2D eigenvalue weighted by atomic mass is 16.3. The Balaban J connectivity index is 1.12. The van der Waals surface area contributed by atoms with Crippen LogP contribution in [-0.4, -0.2) is 4.98 Å². The van der Waals surface area contributed by atoms with Crippen LogP contribution in [0.5, 0.6) is 0 Å². The van der Waals surface area contributed by atoms with Crippen LogP contribution in [0, 0.1) is 0 Å². The smallest absolute Gasteiger partial charge is 0.227 e. The maximum atomic E-state index is 6.73. The molecule has 0 saturated heterocycles. The minimum Gasteiger partial charge on any atom is -0.435 e. The third kappa shape index (κ3) is 6.39. The first-order chi connectivity index (χ1) is 29.7. The summed E-state index contributed by atoms with van der Waals surface area (Å²) in [4.78, 5) is 7.38. The number of rotatable bonds is 8. The standard InChI is InChI=1S/C57H38N2O/c1-5-15-39(16-6-1)40-25-27-41(28-26-40)42-29-32-47(33-30-42)59(54-24-14-13-23-49(54)43-17-7-2-8-18-43)48-34-35-50-51(44-19-9-3-10-20-44)37-46-31-36-53-56(55(46)52(50)38-48)60-57(58-53)45-21-11-4-12-22-45/h1-38H. The van der Waals surface area contributed by atoms with Crippen molar-refractivity contribution in [3.8, 4) is 56.0 Å². The van der Waals surface area contributed by atoms with E-state index in [4.69, 9.17) is 9.40 Å². The lowest BCUT2D eigenvalue weighted by molar-refractivity contribution is 0.623. The largest absolute Gasteiger partial charge is 0.435 e. The molecule has 0 N–H and O–H groups in total. The van der Waals surface area contributed by atoms with Gasteiger partial charge in [0.1, 0.15) is 5.52 Å². The molecule has 3 nitrogen and oxygen atoms in total. The van der Waals surface area contributed by atoms with E-state index >= 15 is 0 Å². The van der Waals surface area contributed by atoms with E-state index in [-0.39, 0.29) is 0 Å². The number of hydrogen-bond donors (Lipinski definition) is 0. The summed E-state index contributed by atoms with van der Waals surface area (Å²) in [6.45, 7) is 0. The second-order valence-electron chi connectivity index (χ2n) is 15.1. The Bertz CT molecular complexity index is 3270. The molecule has 10 aromatic carbocycles. The molecule has 0 fully saturated rings. The van der Waals surface area contributed by atoms with E-state index in [1.807, 2.05) is 30.3 Å². The number of para-hydroxylation sites is 1. The van der Waals surface area contributed by atoms with E-state index < -0.39 is 0 Å². The molecular weight excluding hydrogens is 729 g/mol. The predicted octanol–water partition coefficient (Wildman–Crippen LogP) is 15.9. The van der Waals surface area contributed by atoms with E-state index in [0.29, 0.717) is 5.89 Å². The van der Waals surface area contributed by atoms with Crippen LogP contribution in [0.2, 0.25) is 0 Å². The fourth-order valence-corrected chi connectivity index (χ4v) is 8.56. The second-order valence-corrected chi connectivity index (χ2v) is 15.1. The first-order valence-corrected chi connectivity index (χ1v) is 20.4. The summed E-state index contributed by atoms with van der Waals surface area (Å²) in [6, 6.07) is 81.9. The van der Waals surface area contributed by atoms with Crippen LogP contribution >= 0.6 is 0 Å². The summed E-state index contributed by atoms with van der Waals surface area (Å²) >= 11 is 0.